The highest BCUT2D eigenvalue weighted by Gasteiger charge is 2.13. The van der Waals surface area contributed by atoms with Crippen LogP contribution in [0.3, 0.4) is 0 Å². The summed E-state index contributed by atoms with van der Waals surface area (Å²) in [5.41, 5.74) is 1.64. The van der Waals surface area contributed by atoms with Crippen molar-refractivity contribution < 1.29 is 14.6 Å². The molecule has 0 fully saturated rings. The van der Waals surface area contributed by atoms with E-state index in [1.807, 2.05) is 42.5 Å². The highest BCUT2D eigenvalue weighted by atomic mass is 16.5. The third-order valence-corrected chi connectivity index (χ3v) is 3.29. The van der Waals surface area contributed by atoms with Crippen molar-refractivity contribution >= 4 is 5.91 Å². The molecule has 5 heteroatoms. The first kappa shape index (κ1) is 16.5. The molecule has 1 amide bonds. The molecule has 0 saturated carbocycles. The molecule has 0 aliphatic heterocycles. The van der Waals surface area contributed by atoms with Gasteiger partial charge in [0.1, 0.15) is 11.8 Å². The van der Waals surface area contributed by atoms with Crippen LogP contribution in [0, 0.1) is 11.3 Å². The van der Waals surface area contributed by atoms with E-state index in [2.05, 4.69) is 5.32 Å². The number of carbonyl (C=O) groups excluding carboxylic acids is 1. The zero-order valence-corrected chi connectivity index (χ0v) is 12.6. The quantitative estimate of drug-likeness (QED) is 0.819. The summed E-state index contributed by atoms with van der Waals surface area (Å²) < 4.78 is 5.22. The molecule has 0 aliphatic rings. The monoisotopic (exact) mass is 310 g/mol. The maximum Gasteiger partial charge on any atom is 0.224 e. The minimum Gasteiger partial charge on any atom is -0.479 e. The van der Waals surface area contributed by atoms with Gasteiger partial charge in [0, 0.05) is 0 Å². The van der Waals surface area contributed by atoms with Crippen LogP contribution >= 0.6 is 0 Å². The summed E-state index contributed by atoms with van der Waals surface area (Å²) in [5.74, 6) is 0.365. The first-order valence-electron chi connectivity index (χ1n) is 7.27. The van der Waals surface area contributed by atoms with E-state index in [1.54, 1.807) is 18.2 Å². The lowest BCUT2D eigenvalue weighted by atomic mass is 10.1. The molecule has 0 bridgehead atoms. The SMILES string of the molecule is N#CCOc1cccc(CC(=O)NC(CO)c2ccccc2)c1. The van der Waals surface area contributed by atoms with Gasteiger partial charge >= 0.3 is 0 Å². The van der Waals surface area contributed by atoms with Gasteiger partial charge in [0.2, 0.25) is 5.91 Å². The zero-order valence-electron chi connectivity index (χ0n) is 12.6. The van der Waals surface area contributed by atoms with E-state index in [9.17, 15) is 9.90 Å². The number of aliphatic hydroxyl groups is 1. The van der Waals surface area contributed by atoms with Gasteiger partial charge in [-0.1, -0.05) is 42.5 Å². The molecule has 2 aromatic rings. The Morgan fingerprint density at radius 3 is 2.70 bits per heavy atom. The fraction of sp³-hybridized carbons (Fsp3) is 0.222. The van der Waals surface area contributed by atoms with Crippen molar-refractivity contribution in [2.75, 3.05) is 13.2 Å². The lowest BCUT2D eigenvalue weighted by Gasteiger charge is -2.16. The Balaban J connectivity index is 1.97. The molecule has 0 aliphatic carbocycles. The van der Waals surface area contributed by atoms with Crippen LogP contribution in [0.4, 0.5) is 0 Å². The molecule has 0 radical (unpaired) electrons. The van der Waals surface area contributed by atoms with Gasteiger partial charge in [0.05, 0.1) is 19.1 Å². The van der Waals surface area contributed by atoms with Gasteiger partial charge < -0.3 is 15.2 Å². The first-order valence-corrected chi connectivity index (χ1v) is 7.27. The molecule has 0 spiro atoms. The average Bonchev–Trinajstić information content (AvgIpc) is 2.59. The average molecular weight is 310 g/mol. The summed E-state index contributed by atoms with van der Waals surface area (Å²) >= 11 is 0. The predicted molar refractivity (Wildman–Crippen MR) is 85.7 cm³/mol. The Bertz CT molecular complexity index is 680. The number of rotatable bonds is 7. The predicted octanol–water partition coefficient (Wildman–Crippen LogP) is 1.98. The van der Waals surface area contributed by atoms with Crippen LogP contribution in [0.5, 0.6) is 5.75 Å². The second-order valence-corrected chi connectivity index (χ2v) is 4.98. The molecule has 0 heterocycles. The van der Waals surface area contributed by atoms with E-state index in [-0.39, 0.29) is 25.5 Å². The van der Waals surface area contributed by atoms with Crippen molar-refractivity contribution in [3.8, 4) is 11.8 Å². The standard InChI is InChI=1S/C18H18N2O3/c19-9-10-23-16-8-4-5-14(11-16)12-18(22)20-17(13-21)15-6-2-1-3-7-15/h1-8,11,17,21H,10,12-13H2,(H,20,22). The summed E-state index contributed by atoms with van der Waals surface area (Å²) in [6, 6.07) is 17.8. The van der Waals surface area contributed by atoms with Crippen molar-refractivity contribution in [3.63, 3.8) is 0 Å². The number of nitrogens with one attached hydrogen (secondary N) is 1. The number of nitrogens with zero attached hydrogens (tertiary/aromatic N) is 1. The summed E-state index contributed by atoms with van der Waals surface area (Å²) in [5, 5.41) is 20.8. The third kappa shape index (κ3) is 5.13. The number of nitriles is 1. The molecule has 2 N–H and O–H groups in total. The van der Waals surface area contributed by atoms with Gasteiger partial charge in [-0.3, -0.25) is 4.79 Å². The second-order valence-electron chi connectivity index (χ2n) is 4.98. The molecule has 2 aromatic carbocycles. The first-order chi connectivity index (χ1) is 11.2. The Morgan fingerprint density at radius 1 is 1.22 bits per heavy atom. The molecule has 1 atom stereocenters. The number of aliphatic hydroxyl groups excluding tert-OH is 1. The van der Waals surface area contributed by atoms with Crippen molar-refractivity contribution in [3.05, 3.63) is 65.7 Å². The number of carbonyl (C=O) groups is 1. The van der Waals surface area contributed by atoms with E-state index >= 15 is 0 Å². The summed E-state index contributed by atoms with van der Waals surface area (Å²) in [6.07, 6.45) is 0.174. The lowest BCUT2D eigenvalue weighted by molar-refractivity contribution is -0.121. The second kappa shape index (κ2) is 8.57. The fourth-order valence-corrected chi connectivity index (χ4v) is 2.21. The maximum atomic E-state index is 12.2. The zero-order chi connectivity index (χ0) is 16.5. The molecule has 1 unspecified atom stereocenters. The summed E-state index contributed by atoms with van der Waals surface area (Å²) in [6.45, 7) is -0.197. The molecule has 118 valence electrons. The van der Waals surface area contributed by atoms with E-state index in [4.69, 9.17) is 10.00 Å². The van der Waals surface area contributed by atoms with Crippen molar-refractivity contribution in [2.45, 2.75) is 12.5 Å². The fourth-order valence-electron chi connectivity index (χ4n) is 2.21. The van der Waals surface area contributed by atoms with Gasteiger partial charge in [-0.15, -0.1) is 0 Å². The van der Waals surface area contributed by atoms with E-state index in [0.717, 1.165) is 11.1 Å². The van der Waals surface area contributed by atoms with E-state index < -0.39 is 6.04 Å². The Morgan fingerprint density at radius 2 is 2.00 bits per heavy atom. The topological polar surface area (TPSA) is 82.3 Å². The van der Waals surface area contributed by atoms with Crippen molar-refractivity contribution in [2.24, 2.45) is 0 Å². The molecule has 0 aromatic heterocycles. The van der Waals surface area contributed by atoms with Gasteiger partial charge in [-0.2, -0.15) is 5.26 Å². The van der Waals surface area contributed by atoms with Crippen LogP contribution in [0.2, 0.25) is 0 Å². The van der Waals surface area contributed by atoms with Crippen LogP contribution < -0.4 is 10.1 Å². The van der Waals surface area contributed by atoms with Gasteiger partial charge in [-0.05, 0) is 23.3 Å². The molecule has 5 nitrogen and oxygen atoms in total. The Labute approximate surface area is 135 Å². The highest BCUT2D eigenvalue weighted by Crippen LogP contribution is 2.15. The van der Waals surface area contributed by atoms with Crippen LogP contribution in [0.25, 0.3) is 0 Å². The van der Waals surface area contributed by atoms with Crippen molar-refractivity contribution in [1.82, 2.24) is 5.32 Å². The van der Waals surface area contributed by atoms with Crippen LogP contribution in [0.15, 0.2) is 54.6 Å². The smallest absolute Gasteiger partial charge is 0.224 e. The third-order valence-electron chi connectivity index (χ3n) is 3.29. The molecule has 0 saturated heterocycles. The van der Waals surface area contributed by atoms with Crippen LogP contribution in [0.1, 0.15) is 17.2 Å². The van der Waals surface area contributed by atoms with E-state index in [1.165, 1.54) is 0 Å². The molecule has 23 heavy (non-hydrogen) atoms. The lowest BCUT2D eigenvalue weighted by Crippen LogP contribution is -2.31. The van der Waals surface area contributed by atoms with E-state index in [0.29, 0.717) is 5.75 Å². The number of amides is 1. The van der Waals surface area contributed by atoms with Crippen molar-refractivity contribution in [1.29, 1.82) is 5.26 Å². The molecule has 2 rings (SSSR count). The van der Waals surface area contributed by atoms with Gasteiger partial charge in [0.15, 0.2) is 6.61 Å². The largest absolute Gasteiger partial charge is 0.479 e. The summed E-state index contributed by atoms with van der Waals surface area (Å²) in [4.78, 5) is 12.2. The minimum atomic E-state index is -0.429. The van der Waals surface area contributed by atoms with Crippen LogP contribution in [-0.2, 0) is 11.2 Å². The Hall–Kier alpha value is -2.84. The number of benzene rings is 2. The van der Waals surface area contributed by atoms with Gasteiger partial charge in [-0.25, -0.2) is 0 Å². The van der Waals surface area contributed by atoms with Crippen LogP contribution in [-0.4, -0.2) is 24.2 Å². The Kier molecular flexibility index (Phi) is 6.16. The number of hydrogen-bond acceptors (Lipinski definition) is 4. The normalized spacial score (nSPS) is 11.3. The van der Waals surface area contributed by atoms with Gasteiger partial charge in [0.25, 0.3) is 0 Å². The maximum absolute atomic E-state index is 12.2. The molecular formula is C18H18N2O3. The number of hydrogen-bond donors (Lipinski definition) is 2. The highest BCUT2D eigenvalue weighted by molar-refractivity contribution is 5.79. The summed E-state index contributed by atoms with van der Waals surface area (Å²) in [7, 11) is 0. The molecular weight excluding hydrogens is 292 g/mol. The number of ether oxygens (including phenoxy) is 1. The minimum absolute atomic E-state index is 0.0315.